The molecule has 1 aromatic carbocycles. The number of aliphatic hydroxyl groups excluding tert-OH is 1. The third kappa shape index (κ3) is 4.32. The van der Waals surface area contributed by atoms with Crippen molar-refractivity contribution in [1.29, 1.82) is 0 Å². The first-order valence-electron chi connectivity index (χ1n) is 7.46. The normalized spacial score (nSPS) is 27.7. The van der Waals surface area contributed by atoms with Gasteiger partial charge in [0.2, 0.25) is 0 Å². The van der Waals surface area contributed by atoms with Gasteiger partial charge in [-0.15, -0.1) is 0 Å². The number of nitrogens with zero attached hydrogens (tertiary/aromatic N) is 1. The van der Waals surface area contributed by atoms with Gasteiger partial charge in [-0.2, -0.15) is 0 Å². The monoisotopic (exact) mass is 261 g/mol. The predicted molar refractivity (Wildman–Crippen MR) is 80.0 cm³/mol. The van der Waals surface area contributed by atoms with Gasteiger partial charge in [-0.3, -0.25) is 0 Å². The number of benzene rings is 1. The molecule has 0 aromatic heterocycles. The van der Waals surface area contributed by atoms with E-state index in [1.165, 1.54) is 24.0 Å². The highest BCUT2D eigenvalue weighted by atomic mass is 16.3. The molecule has 1 aromatic rings. The number of hydrogen-bond acceptors (Lipinski definition) is 2. The van der Waals surface area contributed by atoms with E-state index in [9.17, 15) is 5.11 Å². The molecule has 1 aliphatic carbocycles. The van der Waals surface area contributed by atoms with Crippen LogP contribution >= 0.6 is 0 Å². The summed E-state index contributed by atoms with van der Waals surface area (Å²) >= 11 is 0. The van der Waals surface area contributed by atoms with Gasteiger partial charge in [-0.05, 0) is 50.6 Å². The van der Waals surface area contributed by atoms with Crippen molar-refractivity contribution in [3.63, 3.8) is 0 Å². The summed E-state index contributed by atoms with van der Waals surface area (Å²) in [7, 11) is 2.16. The molecular formula is C17H27NO. The molecule has 0 saturated heterocycles. The van der Waals surface area contributed by atoms with Crippen molar-refractivity contribution in [2.75, 3.05) is 13.6 Å². The quantitative estimate of drug-likeness (QED) is 0.899. The van der Waals surface area contributed by atoms with Crippen molar-refractivity contribution < 1.29 is 5.11 Å². The smallest absolute Gasteiger partial charge is 0.0580 e. The Kier molecular flexibility index (Phi) is 5.00. The van der Waals surface area contributed by atoms with Gasteiger partial charge in [0.05, 0.1) is 6.10 Å². The number of rotatable bonds is 4. The fourth-order valence-corrected chi connectivity index (χ4v) is 3.27. The van der Waals surface area contributed by atoms with Crippen molar-refractivity contribution in [1.82, 2.24) is 4.90 Å². The maximum Gasteiger partial charge on any atom is 0.0580 e. The van der Waals surface area contributed by atoms with Gasteiger partial charge in [0.1, 0.15) is 0 Å². The van der Waals surface area contributed by atoms with Crippen LogP contribution in [0.5, 0.6) is 0 Å². The van der Waals surface area contributed by atoms with Crippen LogP contribution in [0, 0.1) is 18.8 Å². The Labute approximate surface area is 117 Å². The zero-order chi connectivity index (χ0) is 13.8. The molecule has 1 N–H and O–H groups in total. The largest absolute Gasteiger partial charge is 0.393 e. The van der Waals surface area contributed by atoms with Crippen LogP contribution in [0.1, 0.15) is 37.3 Å². The third-order valence-electron chi connectivity index (χ3n) is 4.29. The molecule has 2 heteroatoms. The maximum atomic E-state index is 10.1. The molecule has 0 heterocycles. The van der Waals surface area contributed by atoms with Crippen molar-refractivity contribution in [2.24, 2.45) is 11.8 Å². The lowest BCUT2D eigenvalue weighted by Gasteiger charge is -2.34. The van der Waals surface area contributed by atoms with Gasteiger partial charge in [0, 0.05) is 13.1 Å². The second-order valence-corrected chi connectivity index (χ2v) is 6.43. The van der Waals surface area contributed by atoms with Crippen LogP contribution in [0.2, 0.25) is 0 Å². The van der Waals surface area contributed by atoms with Crippen molar-refractivity contribution in [3.05, 3.63) is 35.4 Å². The number of hydrogen-bond donors (Lipinski definition) is 1. The van der Waals surface area contributed by atoms with Gasteiger partial charge in [0.15, 0.2) is 0 Å². The van der Waals surface area contributed by atoms with Crippen molar-refractivity contribution >= 4 is 0 Å². The SMILES string of the molecule is Cc1cccc(CN(C)CC2CC(C)CCC2O)c1. The highest BCUT2D eigenvalue weighted by Gasteiger charge is 2.27. The number of aliphatic hydroxyl groups is 1. The molecule has 0 spiro atoms. The molecule has 0 aliphatic heterocycles. The lowest BCUT2D eigenvalue weighted by atomic mass is 9.80. The minimum atomic E-state index is -0.101. The summed E-state index contributed by atoms with van der Waals surface area (Å²) in [5.74, 6) is 1.21. The summed E-state index contributed by atoms with van der Waals surface area (Å²) in [5.41, 5.74) is 2.68. The van der Waals surface area contributed by atoms with Crippen LogP contribution in [-0.2, 0) is 6.54 Å². The van der Waals surface area contributed by atoms with Crippen LogP contribution < -0.4 is 0 Å². The van der Waals surface area contributed by atoms with Gasteiger partial charge in [0.25, 0.3) is 0 Å². The lowest BCUT2D eigenvalue weighted by Crippen LogP contribution is -2.36. The van der Waals surface area contributed by atoms with E-state index in [4.69, 9.17) is 0 Å². The average molecular weight is 261 g/mol. The summed E-state index contributed by atoms with van der Waals surface area (Å²) in [6.07, 6.45) is 3.22. The standard InChI is InChI=1S/C17H27NO/c1-13-5-4-6-15(9-13)11-18(3)12-16-10-14(2)7-8-17(16)19/h4-6,9,14,16-17,19H,7-8,10-12H2,1-3H3. The minimum absolute atomic E-state index is 0.101. The summed E-state index contributed by atoms with van der Waals surface area (Å²) < 4.78 is 0. The molecule has 3 atom stereocenters. The first-order chi connectivity index (χ1) is 9.04. The van der Waals surface area contributed by atoms with Crippen LogP contribution in [0.15, 0.2) is 24.3 Å². The molecule has 106 valence electrons. The van der Waals surface area contributed by atoms with Gasteiger partial charge in [-0.25, -0.2) is 0 Å². The Morgan fingerprint density at radius 3 is 2.84 bits per heavy atom. The molecule has 1 fully saturated rings. The average Bonchev–Trinajstić information content (AvgIpc) is 2.34. The molecule has 2 rings (SSSR count). The second kappa shape index (κ2) is 6.53. The van der Waals surface area contributed by atoms with E-state index in [0.29, 0.717) is 5.92 Å². The Morgan fingerprint density at radius 2 is 2.11 bits per heavy atom. The number of aryl methyl sites for hydroxylation is 1. The first kappa shape index (κ1) is 14.5. The Balaban J connectivity index is 1.88. The highest BCUT2D eigenvalue weighted by molar-refractivity contribution is 5.22. The van der Waals surface area contributed by atoms with E-state index < -0.39 is 0 Å². The van der Waals surface area contributed by atoms with Crippen molar-refractivity contribution in [3.8, 4) is 0 Å². The molecule has 1 saturated carbocycles. The maximum absolute atomic E-state index is 10.1. The molecule has 3 unspecified atom stereocenters. The predicted octanol–water partition coefficient (Wildman–Crippen LogP) is 3.22. The van der Waals surface area contributed by atoms with Gasteiger partial charge >= 0.3 is 0 Å². The van der Waals surface area contributed by atoms with E-state index in [2.05, 4.69) is 50.1 Å². The van der Waals surface area contributed by atoms with Crippen LogP contribution in [0.4, 0.5) is 0 Å². The summed E-state index contributed by atoms with van der Waals surface area (Å²) in [4.78, 5) is 2.35. The summed E-state index contributed by atoms with van der Waals surface area (Å²) in [6.45, 7) is 6.41. The molecule has 2 nitrogen and oxygen atoms in total. The fraction of sp³-hybridized carbons (Fsp3) is 0.647. The molecule has 0 radical (unpaired) electrons. The molecule has 19 heavy (non-hydrogen) atoms. The van der Waals surface area contributed by atoms with Crippen LogP contribution in [-0.4, -0.2) is 29.7 Å². The van der Waals surface area contributed by atoms with Gasteiger partial charge in [-0.1, -0.05) is 36.8 Å². The van der Waals surface area contributed by atoms with E-state index in [1.54, 1.807) is 0 Å². The molecule has 1 aliphatic rings. The minimum Gasteiger partial charge on any atom is -0.393 e. The molecule has 0 bridgehead atoms. The van der Waals surface area contributed by atoms with E-state index in [0.717, 1.165) is 25.4 Å². The summed E-state index contributed by atoms with van der Waals surface area (Å²) in [5, 5.41) is 10.1. The summed E-state index contributed by atoms with van der Waals surface area (Å²) in [6, 6.07) is 8.69. The molecular weight excluding hydrogens is 234 g/mol. The Hall–Kier alpha value is -0.860. The zero-order valence-electron chi connectivity index (χ0n) is 12.5. The van der Waals surface area contributed by atoms with E-state index in [1.807, 2.05) is 0 Å². The zero-order valence-corrected chi connectivity index (χ0v) is 12.5. The first-order valence-corrected chi connectivity index (χ1v) is 7.46. The van der Waals surface area contributed by atoms with E-state index >= 15 is 0 Å². The van der Waals surface area contributed by atoms with Crippen LogP contribution in [0.25, 0.3) is 0 Å². The Morgan fingerprint density at radius 1 is 1.32 bits per heavy atom. The Bertz CT molecular complexity index is 404. The third-order valence-corrected chi connectivity index (χ3v) is 4.29. The van der Waals surface area contributed by atoms with E-state index in [-0.39, 0.29) is 6.10 Å². The van der Waals surface area contributed by atoms with Crippen LogP contribution in [0.3, 0.4) is 0 Å². The lowest BCUT2D eigenvalue weighted by molar-refractivity contribution is 0.0338. The second-order valence-electron chi connectivity index (χ2n) is 6.43. The highest BCUT2D eigenvalue weighted by Crippen LogP contribution is 2.29. The van der Waals surface area contributed by atoms with Crippen molar-refractivity contribution in [2.45, 2.75) is 45.8 Å². The fourth-order valence-electron chi connectivity index (χ4n) is 3.27. The molecule has 0 amide bonds. The van der Waals surface area contributed by atoms with Gasteiger partial charge < -0.3 is 10.0 Å². The topological polar surface area (TPSA) is 23.5 Å².